The third kappa shape index (κ3) is 4.62. The summed E-state index contributed by atoms with van der Waals surface area (Å²) in [4.78, 5) is 31.8. The fraction of sp³-hybridized carbons (Fsp3) is 0.217. The van der Waals surface area contributed by atoms with Gasteiger partial charge in [-0.05, 0) is 43.3 Å². The Bertz CT molecular complexity index is 1140. The minimum atomic E-state index is -0.561. The summed E-state index contributed by atoms with van der Waals surface area (Å²) < 4.78 is 5.75. The summed E-state index contributed by atoms with van der Waals surface area (Å²) in [5, 5.41) is 11.7. The number of aryl methyl sites for hydroxylation is 1. The largest absolute Gasteiger partial charge is 0.441 e. The molecule has 7 nitrogen and oxygen atoms in total. The SMILES string of the molecule is Cc1oc(-c2ccccc2)nc1CC(=O)N1CSCC1C(=O)Nc1ccc(C#N)cc1. The van der Waals surface area contributed by atoms with Crippen LogP contribution < -0.4 is 5.32 Å². The highest BCUT2D eigenvalue weighted by Crippen LogP contribution is 2.26. The summed E-state index contributed by atoms with van der Waals surface area (Å²) in [6.45, 7) is 1.79. The predicted molar refractivity (Wildman–Crippen MR) is 118 cm³/mol. The summed E-state index contributed by atoms with van der Waals surface area (Å²) in [6, 6.07) is 17.6. The number of nitrogens with zero attached hydrogens (tertiary/aromatic N) is 3. The molecule has 31 heavy (non-hydrogen) atoms. The highest BCUT2D eigenvalue weighted by molar-refractivity contribution is 7.99. The van der Waals surface area contributed by atoms with Gasteiger partial charge in [-0.3, -0.25) is 9.59 Å². The lowest BCUT2D eigenvalue weighted by molar-refractivity contribution is -0.135. The van der Waals surface area contributed by atoms with Crippen molar-refractivity contribution in [2.24, 2.45) is 0 Å². The van der Waals surface area contributed by atoms with Crippen LogP contribution in [0, 0.1) is 18.3 Å². The molecular formula is C23H20N4O3S. The fourth-order valence-corrected chi connectivity index (χ4v) is 4.48. The van der Waals surface area contributed by atoms with Crippen LogP contribution in [-0.4, -0.2) is 39.4 Å². The molecule has 0 radical (unpaired) electrons. The van der Waals surface area contributed by atoms with E-state index in [1.54, 1.807) is 36.1 Å². The van der Waals surface area contributed by atoms with Crippen LogP contribution in [0.2, 0.25) is 0 Å². The van der Waals surface area contributed by atoms with Gasteiger partial charge in [0.1, 0.15) is 11.8 Å². The molecule has 2 heterocycles. The number of carbonyl (C=O) groups is 2. The molecule has 1 unspecified atom stereocenters. The van der Waals surface area contributed by atoms with Crippen LogP contribution in [-0.2, 0) is 16.0 Å². The lowest BCUT2D eigenvalue weighted by Crippen LogP contribution is -2.45. The first-order valence-electron chi connectivity index (χ1n) is 9.75. The summed E-state index contributed by atoms with van der Waals surface area (Å²) in [5.41, 5.74) is 2.53. The minimum Gasteiger partial charge on any atom is -0.441 e. The molecule has 3 aromatic rings. The molecule has 1 aromatic heterocycles. The third-order valence-electron chi connectivity index (χ3n) is 5.02. The van der Waals surface area contributed by atoms with E-state index in [1.807, 2.05) is 36.4 Å². The average Bonchev–Trinajstić information content (AvgIpc) is 3.42. The Morgan fingerprint density at radius 1 is 1.23 bits per heavy atom. The van der Waals surface area contributed by atoms with E-state index < -0.39 is 6.04 Å². The number of oxazole rings is 1. The molecule has 2 aromatic carbocycles. The third-order valence-corrected chi connectivity index (χ3v) is 6.03. The molecule has 0 saturated carbocycles. The zero-order valence-corrected chi connectivity index (χ0v) is 17.7. The van der Waals surface area contributed by atoms with Gasteiger partial charge in [-0.1, -0.05) is 18.2 Å². The van der Waals surface area contributed by atoms with Crippen molar-refractivity contribution in [3.8, 4) is 17.5 Å². The van der Waals surface area contributed by atoms with E-state index in [-0.39, 0.29) is 18.2 Å². The molecule has 4 rings (SSSR count). The standard InChI is InChI=1S/C23H20N4O3S/c1-15-19(26-23(30-15)17-5-3-2-4-6-17)11-21(28)27-14-31-13-20(27)22(29)25-18-9-7-16(12-24)8-10-18/h2-10,20H,11,13-14H2,1H3,(H,25,29). The van der Waals surface area contributed by atoms with Gasteiger partial charge in [0.2, 0.25) is 17.7 Å². The van der Waals surface area contributed by atoms with Crippen molar-refractivity contribution in [1.82, 2.24) is 9.88 Å². The second kappa shape index (κ2) is 9.06. The molecule has 1 saturated heterocycles. The van der Waals surface area contributed by atoms with Gasteiger partial charge in [-0.15, -0.1) is 11.8 Å². The van der Waals surface area contributed by atoms with E-state index in [2.05, 4.69) is 10.3 Å². The van der Waals surface area contributed by atoms with Gasteiger partial charge in [-0.2, -0.15) is 5.26 Å². The number of amides is 2. The van der Waals surface area contributed by atoms with Crippen molar-refractivity contribution in [3.05, 3.63) is 71.6 Å². The second-order valence-corrected chi connectivity index (χ2v) is 8.12. The van der Waals surface area contributed by atoms with Gasteiger partial charge < -0.3 is 14.6 Å². The van der Waals surface area contributed by atoms with E-state index in [0.29, 0.717) is 40.2 Å². The van der Waals surface area contributed by atoms with E-state index in [9.17, 15) is 9.59 Å². The van der Waals surface area contributed by atoms with Crippen molar-refractivity contribution < 1.29 is 14.0 Å². The summed E-state index contributed by atoms with van der Waals surface area (Å²) in [5.74, 6) is 1.64. The lowest BCUT2D eigenvalue weighted by Gasteiger charge is -2.23. The molecule has 1 fully saturated rings. The van der Waals surface area contributed by atoms with E-state index >= 15 is 0 Å². The van der Waals surface area contributed by atoms with Crippen molar-refractivity contribution in [2.75, 3.05) is 16.9 Å². The fourth-order valence-electron chi connectivity index (χ4n) is 3.30. The Morgan fingerprint density at radius 2 is 1.97 bits per heavy atom. The lowest BCUT2D eigenvalue weighted by atomic mass is 10.2. The maximum Gasteiger partial charge on any atom is 0.248 e. The quantitative estimate of drug-likeness (QED) is 0.661. The Morgan fingerprint density at radius 3 is 2.68 bits per heavy atom. The van der Waals surface area contributed by atoms with Gasteiger partial charge in [0.25, 0.3) is 0 Å². The summed E-state index contributed by atoms with van der Waals surface area (Å²) >= 11 is 1.54. The molecule has 8 heteroatoms. The zero-order chi connectivity index (χ0) is 21.8. The molecule has 1 aliphatic heterocycles. The number of nitrogens with one attached hydrogen (secondary N) is 1. The van der Waals surface area contributed by atoms with Crippen LogP contribution in [0.1, 0.15) is 17.0 Å². The number of nitriles is 1. The summed E-state index contributed by atoms with van der Waals surface area (Å²) in [7, 11) is 0. The molecule has 2 amide bonds. The zero-order valence-electron chi connectivity index (χ0n) is 16.9. The molecule has 1 atom stereocenters. The minimum absolute atomic E-state index is 0.0728. The van der Waals surface area contributed by atoms with Crippen molar-refractivity contribution in [1.29, 1.82) is 5.26 Å². The molecule has 1 aliphatic rings. The Balaban J connectivity index is 1.44. The maximum atomic E-state index is 13.0. The number of rotatable bonds is 5. The number of aromatic nitrogens is 1. The van der Waals surface area contributed by atoms with Gasteiger partial charge in [0, 0.05) is 17.0 Å². The number of thioether (sulfide) groups is 1. The van der Waals surface area contributed by atoms with Crippen LogP contribution in [0.4, 0.5) is 5.69 Å². The first-order valence-corrected chi connectivity index (χ1v) is 10.9. The van der Waals surface area contributed by atoms with Gasteiger partial charge in [0.15, 0.2) is 0 Å². The first-order chi connectivity index (χ1) is 15.0. The number of anilines is 1. The normalized spacial score (nSPS) is 15.5. The van der Waals surface area contributed by atoms with Gasteiger partial charge in [0.05, 0.1) is 29.6 Å². The molecule has 156 valence electrons. The van der Waals surface area contributed by atoms with Crippen molar-refractivity contribution in [3.63, 3.8) is 0 Å². The van der Waals surface area contributed by atoms with Gasteiger partial charge >= 0.3 is 0 Å². The van der Waals surface area contributed by atoms with E-state index in [4.69, 9.17) is 9.68 Å². The Labute approximate surface area is 184 Å². The highest BCUT2D eigenvalue weighted by atomic mass is 32.2. The Kier molecular flexibility index (Phi) is 6.05. The van der Waals surface area contributed by atoms with Crippen LogP contribution in [0.3, 0.4) is 0 Å². The van der Waals surface area contributed by atoms with Crippen molar-refractivity contribution in [2.45, 2.75) is 19.4 Å². The average molecular weight is 433 g/mol. The predicted octanol–water partition coefficient (Wildman–Crippen LogP) is 3.60. The molecule has 0 aliphatic carbocycles. The number of hydrogen-bond donors (Lipinski definition) is 1. The van der Waals surface area contributed by atoms with Crippen LogP contribution in [0.25, 0.3) is 11.5 Å². The maximum absolute atomic E-state index is 13.0. The molecule has 0 spiro atoms. The number of hydrogen-bond acceptors (Lipinski definition) is 6. The van der Waals surface area contributed by atoms with E-state index in [1.165, 1.54) is 11.8 Å². The summed E-state index contributed by atoms with van der Waals surface area (Å²) in [6.07, 6.45) is 0.0728. The van der Waals surface area contributed by atoms with Crippen molar-refractivity contribution >= 4 is 29.3 Å². The van der Waals surface area contributed by atoms with Crippen LogP contribution >= 0.6 is 11.8 Å². The van der Waals surface area contributed by atoms with E-state index in [0.717, 1.165) is 5.56 Å². The van der Waals surface area contributed by atoms with Crippen LogP contribution in [0.15, 0.2) is 59.0 Å². The Hall–Kier alpha value is -3.57. The highest BCUT2D eigenvalue weighted by Gasteiger charge is 2.35. The first kappa shape index (κ1) is 20.7. The number of carbonyl (C=O) groups excluding carboxylic acids is 2. The second-order valence-electron chi connectivity index (χ2n) is 7.12. The van der Waals surface area contributed by atoms with Gasteiger partial charge in [-0.25, -0.2) is 4.98 Å². The molecule has 0 bridgehead atoms. The molecule has 1 N–H and O–H groups in total. The molecular weight excluding hydrogens is 412 g/mol. The number of benzene rings is 2. The smallest absolute Gasteiger partial charge is 0.248 e. The monoisotopic (exact) mass is 432 g/mol. The topological polar surface area (TPSA) is 99.2 Å². The van der Waals surface area contributed by atoms with Crippen LogP contribution in [0.5, 0.6) is 0 Å².